The smallest absolute Gasteiger partial charge is 0.270 e. The highest BCUT2D eigenvalue weighted by Crippen LogP contribution is 2.48. The van der Waals surface area contributed by atoms with E-state index in [1.54, 1.807) is 4.57 Å². The van der Waals surface area contributed by atoms with E-state index in [4.69, 9.17) is 5.73 Å². The van der Waals surface area contributed by atoms with Crippen molar-refractivity contribution in [2.75, 3.05) is 7.05 Å². The number of aromatic nitrogens is 2. The molecule has 29 heavy (non-hydrogen) atoms. The van der Waals surface area contributed by atoms with Gasteiger partial charge in [-0.3, -0.25) is 9.59 Å². The summed E-state index contributed by atoms with van der Waals surface area (Å²) in [6, 6.07) is 2.72. The first-order chi connectivity index (χ1) is 13.6. The fraction of sp³-hybridized carbons (Fsp3) is 0.286. The highest BCUT2D eigenvalue weighted by molar-refractivity contribution is 6.06. The fourth-order valence-corrected chi connectivity index (χ4v) is 3.58. The number of benzene rings is 1. The SMILES string of the molecule is CNC(=O)c1c(C(N)=O)nc2n1C1C=C(C1)c1cc(F)c(C#CC(C)(C)O)cc1-2. The van der Waals surface area contributed by atoms with Gasteiger partial charge in [-0.15, -0.1) is 0 Å². The van der Waals surface area contributed by atoms with Crippen molar-refractivity contribution in [1.82, 2.24) is 14.9 Å². The second-order valence-electron chi connectivity index (χ2n) is 7.60. The summed E-state index contributed by atoms with van der Waals surface area (Å²) >= 11 is 0. The predicted molar refractivity (Wildman–Crippen MR) is 104 cm³/mol. The van der Waals surface area contributed by atoms with E-state index in [9.17, 15) is 19.1 Å². The molecule has 2 aromatic rings. The molecule has 0 saturated carbocycles. The van der Waals surface area contributed by atoms with Crippen molar-refractivity contribution in [1.29, 1.82) is 0 Å². The number of imidazole rings is 1. The molecule has 2 bridgehead atoms. The molecule has 2 amide bonds. The van der Waals surface area contributed by atoms with Gasteiger partial charge in [0.1, 0.15) is 22.9 Å². The van der Waals surface area contributed by atoms with E-state index >= 15 is 0 Å². The van der Waals surface area contributed by atoms with Crippen molar-refractivity contribution in [2.24, 2.45) is 5.73 Å². The Labute approximate surface area is 166 Å². The molecule has 8 heteroatoms. The van der Waals surface area contributed by atoms with Crippen LogP contribution in [0.25, 0.3) is 17.0 Å². The Kier molecular flexibility index (Phi) is 4.10. The Morgan fingerprint density at radius 2 is 2.07 bits per heavy atom. The molecule has 3 aliphatic rings. The number of hydrogen-bond acceptors (Lipinski definition) is 4. The standard InChI is InChI=1S/C21H19FN4O3/c1-21(2,29)5-4-10-8-14-13(9-15(10)22)11-6-12(7-11)26-17(20(28)24-3)16(18(23)27)25-19(14)26/h6,8-9,12,29H,7H2,1-3H3,(H2,23,27)(H,24,28). The molecule has 1 atom stereocenters. The zero-order valence-corrected chi connectivity index (χ0v) is 16.1. The average molecular weight is 394 g/mol. The minimum atomic E-state index is -1.28. The average Bonchev–Trinajstić information content (AvgIpc) is 2.88. The largest absolute Gasteiger partial charge is 0.378 e. The molecular formula is C21H19FN4O3. The predicted octanol–water partition coefficient (Wildman–Crippen LogP) is 1.61. The van der Waals surface area contributed by atoms with Gasteiger partial charge in [0.15, 0.2) is 5.69 Å². The maximum Gasteiger partial charge on any atom is 0.270 e. The number of nitrogens with one attached hydrogen (secondary N) is 1. The normalized spacial score (nSPS) is 16.3. The zero-order chi connectivity index (χ0) is 21.1. The van der Waals surface area contributed by atoms with Crippen LogP contribution in [0.1, 0.15) is 58.4 Å². The molecular weight excluding hydrogens is 375 g/mol. The van der Waals surface area contributed by atoms with E-state index in [0.717, 1.165) is 5.57 Å². The van der Waals surface area contributed by atoms with Gasteiger partial charge >= 0.3 is 0 Å². The monoisotopic (exact) mass is 394 g/mol. The first kappa shape index (κ1) is 18.9. The number of nitrogens with two attached hydrogens (primary N) is 1. The van der Waals surface area contributed by atoms with Crippen LogP contribution in [0.2, 0.25) is 0 Å². The van der Waals surface area contributed by atoms with Gasteiger partial charge in [0.05, 0.1) is 11.6 Å². The third-order valence-electron chi connectivity index (χ3n) is 4.94. The molecule has 0 spiro atoms. The van der Waals surface area contributed by atoms with E-state index in [1.165, 1.54) is 33.0 Å². The fourth-order valence-electron chi connectivity index (χ4n) is 3.58. The van der Waals surface area contributed by atoms with E-state index < -0.39 is 23.2 Å². The summed E-state index contributed by atoms with van der Waals surface area (Å²) < 4.78 is 16.3. The number of amides is 2. The molecule has 1 unspecified atom stereocenters. The van der Waals surface area contributed by atoms with Crippen molar-refractivity contribution in [3.05, 3.63) is 46.5 Å². The van der Waals surface area contributed by atoms with Crippen molar-refractivity contribution in [3.8, 4) is 23.2 Å². The number of aliphatic hydroxyl groups is 1. The van der Waals surface area contributed by atoms with Gasteiger partial charge in [0, 0.05) is 12.6 Å². The molecule has 7 nitrogen and oxygen atoms in total. The van der Waals surface area contributed by atoms with Crippen LogP contribution in [0.4, 0.5) is 4.39 Å². The van der Waals surface area contributed by atoms with Gasteiger partial charge in [0.25, 0.3) is 11.8 Å². The maximum atomic E-state index is 14.7. The number of carbonyl (C=O) groups is 2. The van der Waals surface area contributed by atoms with E-state index in [0.29, 0.717) is 23.4 Å². The van der Waals surface area contributed by atoms with Crippen molar-refractivity contribution >= 4 is 17.4 Å². The Hall–Kier alpha value is -3.44. The lowest BCUT2D eigenvalue weighted by Crippen LogP contribution is -2.28. The molecule has 148 valence electrons. The molecule has 4 N–H and O–H groups in total. The zero-order valence-electron chi connectivity index (χ0n) is 16.1. The second kappa shape index (κ2) is 6.29. The lowest BCUT2D eigenvalue weighted by Gasteiger charge is -2.26. The second-order valence-corrected chi connectivity index (χ2v) is 7.60. The van der Waals surface area contributed by atoms with Crippen molar-refractivity contribution in [2.45, 2.75) is 31.9 Å². The summed E-state index contributed by atoms with van der Waals surface area (Å²) in [5.41, 5.74) is 6.33. The summed E-state index contributed by atoms with van der Waals surface area (Å²) in [7, 11) is 1.46. The quantitative estimate of drug-likeness (QED) is 0.672. The topological polar surface area (TPSA) is 110 Å². The minimum Gasteiger partial charge on any atom is -0.378 e. The van der Waals surface area contributed by atoms with E-state index in [1.807, 2.05) is 6.08 Å². The first-order valence-electron chi connectivity index (χ1n) is 9.05. The van der Waals surface area contributed by atoms with Gasteiger partial charge < -0.3 is 20.7 Å². The number of allylic oxidation sites excluding steroid dienone is 2. The Morgan fingerprint density at radius 3 is 2.66 bits per heavy atom. The summed E-state index contributed by atoms with van der Waals surface area (Å²) in [6.07, 6.45) is 2.49. The maximum absolute atomic E-state index is 14.7. The summed E-state index contributed by atoms with van der Waals surface area (Å²) in [5, 5.41) is 12.3. The van der Waals surface area contributed by atoms with Crippen LogP contribution in [0.15, 0.2) is 18.2 Å². The van der Waals surface area contributed by atoms with E-state index in [-0.39, 0.29) is 23.0 Å². The number of carbonyl (C=O) groups excluding carboxylic acids is 2. The Balaban J connectivity index is 2.00. The minimum absolute atomic E-state index is 0.0802. The number of primary amides is 1. The summed E-state index contributed by atoms with van der Waals surface area (Å²) in [4.78, 5) is 28.8. The van der Waals surface area contributed by atoms with Crippen LogP contribution in [0.5, 0.6) is 0 Å². The lowest BCUT2D eigenvalue weighted by molar-refractivity contribution is 0.0933. The van der Waals surface area contributed by atoms with Gasteiger partial charge in [0.2, 0.25) is 0 Å². The summed E-state index contributed by atoms with van der Waals surface area (Å²) in [6.45, 7) is 3.00. The van der Waals surface area contributed by atoms with Crippen molar-refractivity contribution < 1.29 is 19.1 Å². The highest BCUT2D eigenvalue weighted by atomic mass is 19.1. The molecule has 1 aromatic heterocycles. The molecule has 3 heterocycles. The Morgan fingerprint density at radius 1 is 1.38 bits per heavy atom. The molecule has 1 aromatic carbocycles. The number of hydrogen-bond donors (Lipinski definition) is 3. The number of rotatable bonds is 2. The molecule has 0 radical (unpaired) electrons. The third kappa shape index (κ3) is 3.00. The first-order valence-corrected chi connectivity index (χ1v) is 9.05. The number of halogens is 1. The molecule has 0 fully saturated rings. The van der Waals surface area contributed by atoms with Crippen LogP contribution in [0, 0.1) is 17.7 Å². The molecule has 2 aliphatic heterocycles. The van der Waals surface area contributed by atoms with Crippen LogP contribution in [-0.2, 0) is 0 Å². The van der Waals surface area contributed by atoms with Crippen LogP contribution >= 0.6 is 0 Å². The third-order valence-corrected chi connectivity index (χ3v) is 4.94. The van der Waals surface area contributed by atoms with Crippen molar-refractivity contribution in [3.63, 3.8) is 0 Å². The molecule has 5 rings (SSSR count). The van der Waals surface area contributed by atoms with Crippen LogP contribution in [-0.4, -0.2) is 39.1 Å². The number of nitrogens with zero attached hydrogens (tertiary/aromatic N) is 2. The Bertz CT molecular complexity index is 1180. The molecule has 0 saturated heterocycles. The van der Waals surface area contributed by atoms with E-state index in [2.05, 4.69) is 22.1 Å². The van der Waals surface area contributed by atoms with Gasteiger partial charge in [-0.25, -0.2) is 9.37 Å². The lowest BCUT2D eigenvalue weighted by atomic mass is 9.86. The summed E-state index contributed by atoms with van der Waals surface area (Å²) in [5.74, 6) is 3.78. The van der Waals surface area contributed by atoms with Crippen LogP contribution < -0.4 is 11.1 Å². The van der Waals surface area contributed by atoms with Gasteiger partial charge in [-0.2, -0.15) is 0 Å². The van der Waals surface area contributed by atoms with Crippen LogP contribution in [0.3, 0.4) is 0 Å². The molecule has 1 aliphatic carbocycles. The highest BCUT2D eigenvalue weighted by Gasteiger charge is 2.37. The van der Waals surface area contributed by atoms with Gasteiger partial charge in [-0.1, -0.05) is 17.9 Å². The van der Waals surface area contributed by atoms with Gasteiger partial charge in [-0.05, 0) is 43.5 Å².